The third kappa shape index (κ3) is 3.25. The zero-order valence-electron chi connectivity index (χ0n) is 9.15. The Morgan fingerprint density at radius 3 is 2.17 bits per heavy atom. The smallest absolute Gasteiger partial charge is 0.0110 e. The summed E-state index contributed by atoms with van der Waals surface area (Å²) in [6.45, 7) is 11.1. The summed E-state index contributed by atoms with van der Waals surface area (Å²) in [5.41, 5.74) is 1.78. The Kier molecular flexibility index (Phi) is 4.96. The van der Waals surface area contributed by atoms with Crippen LogP contribution in [-0.4, -0.2) is 0 Å². The van der Waals surface area contributed by atoms with E-state index in [0.717, 1.165) is 6.42 Å². The van der Waals surface area contributed by atoms with Gasteiger partial charge in [-0.25, -0.2) is 0 Å². The molecule has 0 rings (SSSR count). The lowest BCUT2D eigenvalue weighted by atomic mass is 9.81. The topological polar surface area (TPSA) is 0 Å². The van der Waals surface area contributed by atoms with Crippen LogP contribution in [0.15, 0.2) is 23.8 Å². The molecular formula is C12H22. The van der Waals surface area contributed by atoms with E-state index >= 15 is 0 Å². The molecule has 0 aromatic rings. The normalized spacial score (nSPS) is 14.2. The highest BCUT2D eigenvalue weighted by molar-refractivity contribution is 5.24. The van der Waals surface area contributed by atoms with Crippen LogP contribution >= 0.6 is 0 Å². The molecule has 0 aliphatic carbocycles. The molecule has 0 aliphatic rings. The number of hydrogen-bond donors (Lipinski definition) is 0. The Hall–Kier alpha value is -0.520. The first kappa shape index (κ1) is 11.5. The van der Waals surface area contributed by atoms with Gasteiger partial charge in [0.15, 0.2) is 0 Å². The molecule has 0 atom stereocenters. The Morgan fingerprint density at radius 2 is 1.83 bits per heavy atom. The van der Waals surface area contributed by atoms with Gasteiger partial charge in [-0.15, -0.1) is 0 Å². The molecule has 0 unspecified atom stereocenters. The summed E-state index contributed by atoms with van der Waals surface area (Å²) in [7, 11) is 0. The molecule has 0 aliphatic heterocycles. The lowest BCUT2D eigenvalue weighted by Crippen LogP contribution is -2.11. The fraction of sp³-hybridized carbons (Fsp3) is 0.667. The molecule has 0 radical (unpaired) electrons. The largest absolute Gasteiger partial charge is 0.0845 e. The zero-order valence-corrected chi connectivity index (χ0v) is 9.15. The van der Waals surface area contributed by atoms with Gasteiger partial charge < -0.3 is 0 Å². The maximum Gasteiger partial charge on any atom is -0.0110 e. The predicted molar refractivity (Wildman–Crippen MR) is 57.3 cm³/mol. The van der Waals surface area contributed by atoms with Gasteiger partial charge in [-0.05, 0) is 30.8 Å². The van der Waals surface area contributed by atoms with Crippen molar-refractivity contribution in [2.75, 3.05) is 0 Å². The minimum atomic E-state index is 0.334. The van der Waals surface area contributed by atoms with E-state index < -0.39 is 0 Å². The lowest BCUT2D eigenvalue weighted by Gasteiger charge is -2.24. The maximum absolute atomic E-state index is 2.29. The molecular weight excluding hydrogens is 144 g/mol. The highest BCUT2D eigenvalue weighted by Crippen LogP contribution is 2.30. The van der Waals surface area contributed by atoms with Gasteiger partial charge in [0.2, 0.25) is 0 Å². The first-order valence-electron chi connectivity index (χ1n) is 4.91. The van der Waals surface area contributed by atoms with E-state index in [-0.39, 0.29) is 0 Å². The van der Waals surface area contributed by atoms with Crippen LogP contribution in [0.4, 0.5) is 0 Å². The summed E-state index contributed by atoms with van der Waals surface area (Å²) in [6, 6.07) is 0. The van der Waals surface area contributed by atoms with Crippen molar-refractivity contribution in [1.29, 1.82) is 0 Å². The second-order valence-corrected chi connectivity index (χ2v) is 3.79. The van der Waals surface area contributed by atoms with Crippen molar-refractivity contribution < 1.29 is 0 Å². The van der Waals surface area contributed by atoms with Crippen LogP contribution in [0.3, 0.4) is 0 Å². The van der Waals surface area contributed by atoms with Crippen LogP contribution < -0.4 is 0 Å². The van der Waals surface area contributed by atoms with E-state index in [1.807, 2.05) is 0 Å². The third-order valence-electron chi connectivity index (χ3n) is 2.51. The minimum Gasteiger partial charge on any atom is -0.0845 e. The molecule has 0 aromatic heterocycles. The van der Waals surface area contributed by atoms with Crippen molar-refractivity contribution in [3.63, 3.8) is 0 Å². The van der Waals surface area contributed by atoms with E-state index in [9.17, 15) is 0 Å². The molecule has 0 heteroatoms. The van der Waals surface area contributed by atoms with Crippen molar-refractivity contribution in [3.05, 3.63) is 23.8 Å². The molecule has 0 amide bonds. The quantitative estimate of drug-likeness (QED) is 0.545. The third-order valence-corrected chi connectivity index (χ3v) is 2.51. The zero-order chi connectivity index (χ0) is 9.61. The Morgan fingerprint density at radius 1 is 1.25 bits per heavy atom. The first-order chi connectivity index (χ1) is 5.58. The summed E-state index contributed by atoms with van der Waals surface area (Å²) in [5, 5.41) is 0. The van der Waals surface area contributed by atoms with Crippen molar-refractivity contribution >= 4 is 0 Å². The van der Waals surface area contributed by atoms with Crippen molar-refractivity contribution in [1.82, 2.24) is 0 Å². The summed E-state index contributed by atoms with van der Waals surface area (Å²) < 4.78 is 0. The predicted octanol–water partition coefficient (Wildman–Crippen LogP) is 4.34. The lowest BCUT2D eigenvalue weighted by molar-refractivity contribution is 0.439. The van der Waals surface area contributed by atoms with E-state index in [2.05, 4.69) is 52.8 Å². The monoisotopic (exact) mass is 166 g/mol. The molecule has 0 nitrogen and oxygen atoms in total. The molecule has 0 spiro atoms. The van der Waals surface area contributed by atoms with Crippen molar-refractivity contribution in [2.24, 2.45) is 5.41 Å². The number of hydrogen-bond acceptors (Lipinski definition) is 0. The molecule has 0 saturated heterocycles. The number of allylic oxidation sites excluding steroid dienone is 4. The van der Waals surface area contributed by atoms with Crippen molar-refractivity contribution in [2.45, 2.75) is 47.5 Å². The van der Waals surface area contributed by atoms with Gasteiger partial charge in [0.25, 0.3) is 0 Å². The Bertz CT molecular complexity index is 170. The highest BCUT2D eigenvalue weighted by Gasteiger charge is 2.17. The first-order valence-corrected chi connectivity index (χ1v) is 4.91. The van der Waals surface area contributed by atoms with Crippen LogP contribution in [-0.2, 0) is 0 Å². The van der Waals surface area contributed by atoms with E-state index in [1.54, 1.807) is 0 Å². The standard InChI is InChI=1S/C12H22/c1-6-9-10-11(7-2)12(4,5)8-3/h7,9-10H,6,8H2,1-5H3/b10-9-,11-7+. The average molecular weight is 166 g/mol. The van der Waals surface area contributed by atoms with Crippen molar-refractivity contribution in [3.8, 4) is 0 Å². The highest BCUT2D eigenvalue weighted by atomic mass is 14.2. The molecule has 0 heterocycles. The molecule has 0 fully saturated rings. The SMILES string of the molecule is C/C=C(\C=C/CC)C(C)(C)CC. The van der Waals surface area contributed by atoms with Gasteiger partial charge in [0.05, 0.1) is 0 Å². The summed E-state index contributed by atoms with van der Waals surface area (Å²) in [4.78, 5) is 0. The molecule has 12 heavy (non-hydrogen) atoms. The van der Waals surface area contributed by atoms with Crippen LogP contribution in [0.1, 0.15) is 47.5 Å². The Balaban J connectivity index is 4.47. The van der Waals surface area contributed by atoms with Gasteiger partial charge >= 0.3 is 0 Å². The van der Waals surface area contributed by atoms with E-state index in [4.69, 9.17) is 0 Å². The fourth-order valence-corrected chi connectivity index (χ4v) is 1.16. The summed E-state index contributed by atoms with van der Waals surface area (Å²) >= 11 is 0. The number of rotatable bonds is 4. The summed E-state index contributed by atoms with van der Waals surface area (Å²) in [6.07, 6.45) is 9.02. The second kappa shape index (κ2) is 5.18. The van der Waals surface area contributed by atoms with Crippen LogP contribution in [0.5, 0.6) is 0 Å². The van der Waals surface area contributed by atoms with E-state index in [0.29, 0.717) is 5.41 Å². The van der Waals surface area contributed by atoms with Crippen LogP contribution in [0, 0.1) is 5.41 Å². The molecule has 0 aromatic carbocycles. The molecule has 70 valence electrons. The average Bonchev–Trinajstić information content (AvgIpc) is 2.05. The van der Waals surface area contributed by atoms with Crippen LogP contribution in [0.2, 0.25) is 0 Å². The van der Waals surface area contributed by atoms with Gasteiger partial charge in [0, 0.05) is 0 Å². The van der Waals surface area contributed by atoms with Gasteiger partial charge in [-0.3, -0.25) is 0 Å². The van der Waals surface area contributed by atoms with E-state index in [1.165, 1.54) is 12.0 Å². The van der Waals surface area contributed by atoms with Gasteiger partial charge in [-0.2, -0.15) is 0 Å². The van der Waals surface area contributed by atoms with Gasteiger partial charge in [0.1, 0.15) is 0 Å². The Labute approximate surface area is 77.4 Å². The van der Waals surface area contributed by atoms with Gasteiger partial charge in [-0.1, -0.05) is 45.9 Å². The molecule has 0 saturated carbocycles. The fourth-order valence-electron chi connectivity index (χ4n) is 1.16. The summed E-state index contributed by atoms with van der Waals surface area (Å²) in [5.74, 6) is 0. The molecule has 0 bridgehead atoms. The molecule has 0 N–H and O–H groups in total. The minimum absolute atomic E-state index is 0.334. The maximum atomic E-state index is 2.29. The van der Waals surface area contributed by atoms with Crippen LogP contribution in [0.25, 0.3) is 0 Å². The second-order valence-electron chi connectivity index (χ2n) is 3.79.